The fourth-order valence-electron chi connectivity index (χ4n) is 1.54. The van der Waals surface area contributed by atoms with Crippen molar-refractivity contribution in [3.63, 3.8) is 0 Å². The summed E-state index contributed by atoms with van der Waals surface area (Å²) >= 11 is 0. The van der Waals surface area contributed by atoms with Crippen molar-refractivity contribution in [2.24, 2.45) is 0 Å². The number of methoxy groups -OCH3 is 1. The van der Waals surface area contributed by atoms with E-state index in [2.05, 4.69) is 4.74 Å². The minimum Gasteiger partial charge on any atom is -0.487 e. The Morgan fingerprint density at radius 3 is 2.74 bits per heavy atom. The molecule has 1 aromatic carbocycles. The summed E-state index contributed by atoms with van der Waals surface area (Å²) in [6, 6.07) is 4.91. The first kappa shape index (κ1) is 13.7. The van der Waals surface area contributed by atoms with Crippen LogP contribution in [0.2, 0.25) is 0 Å². The number of hydrogen-bond donors (Lipinski definition) is 1. The highest BCUT2D eigenvalue weighted by molar-refractivity contribution is 5.90. The van der Waals surface area contributed by atoms with E-state index in [0.29, 0.717) is 17.1 Å². The molecule has 5 nitrogen and oxygen atoms in total. The molecule has 1 fully saturated rings. The molecule has 1 saturated carbocycles. The normalized spacial score (nSPS) is 15.7. The van der Waals surface area contributed by atoms with Gasteiger partial charge in [-0.2, -0.15) is 0 Å². The van der Waals surface area contributed by atoms with Crippen molar-refractivity contribution in [3.05, 3.63) is 23.8 Å². The molecule has 0 amide bonds. The lowest BCUT2D eigenvalue weighted by Crippen LogP contribution is -2.14. The largest absolute Gasteiger partial charge is 0.487 e. The van der Waals surface area contributed by atoms with Gasteiger partial charge >= 0.3 is 5.97 Å². The molecule has 5 heteroatoms. The number of rotatable bonds is 6. The highest BCUT2D eigenvalue weighted by Crippen LogP contribution is 2.34. The van der Waals surface area contributed by atoms with Gasteiger partial charge < -0.3 is 19.3 Å². The van der Waals surface area contributed by atoms with Gasteiger partial charge in [0.15, 0.2) is 11.5 Å². The molecule has 2 rings (SSSR count). The van der Waals surface area contributed by atoms with Gasteiger partial charge in [0.25, 0.3) is 0 Å². The van der Waals surface area contributed by atoms with E-state index in [1.54, 1.807) is 25.1 Å². The zero-order valence-electron chi connectivity index (χ0n) is 11.1. The average Bonchev–Trinajstić information content (AvgIpc) is 3.20. The van der Waals surface area contributed by atoms with Crippen molar-refractivity contribution >= 4 is 5.97 Å². The summed E-state index contributed by atoms with van der Waals surface area (Å²) in [7, 11) is 1.33. The first-order chi connectivity index (χ1) is 9.10. The van der Waals surface area contributed by atoms with E-state index < -0.39 is 12.1 Å². The third-order valence-electron chi connectivity index (χ3n) is 2.66. The summed E-state index contributed by atoms with van der Waals surface area (Å²) in [5, 5.41) is 9.27. The Balaban J connectivity index is 2.18. The van der Waals surface area contributed by atoms with E-state index >= 15 is 0 Å². The van der Waals surface area contributed by atoms with Crippen LogP contribution in [0.15, 0.2) is 18.2 Å². The number of ether oxygens (including phenoxy) is 3. The maximum absolute atomic E-state index is 11.5. The molecule has 1 atom stereocenters. The SMILES string of the molecule is COC(=O)c1ccc(OC2CC2)c(OC[C@@H](C)O)c1. The minimum absolute atomic E-state index is 0.144. The summed E-state index contributed by atoms with van der Waals surface area (Å²) < 4.78 is 15.8. The topological polar surface area (TPSA) is 65.0 Å². The molecular formula is C14H18O5. The molecule has 19 heavy (non-hydrogen) atoms. The van der Waals surface area contributed by atoms with Gasteiger partial charge in [0.2, 0.25) is 0 Å². The van der Waals surface area contributed by atoms with Crippen LogP contribution >= 0.6 is 0 Å². The molecule has 0 heterocycles. The number of carbonyl (C=O) groups excluding carboxylic acids is 1. The predicted molar refractivity (Wildman–Crippen MR) is 68.6 cm³/mol. The minimum atomic E-state index is -0.587. The quantitative estimate of drug-likeness (QED) is 0.795. The fourth-order valence-corrected chi connectivity index (χ4v) is 1.54. The van der Waals surface area contributed by atoms with Gasteiger partial charge in [-0.3, -0.25) is 0 Å². The maximum atomic E-state index is 11.5. The monoisotopic (exact) mass is 266 g/mol. The lowest BCUT2D eigenvalue weighted by molar-refractivity contribution is 0.0600. The first-order valence-corrected chi connectivity index (χ1v) is 6.30. The number of aliphatic hydroxyl groups is 1. The van der Waals surface area contributed by atoms with Gasteiger partial charge in [0.1, 0.15) is 6.61 Å². The van der Waals surface area contributed by atoms with Crippen LogP contribution in [-0.2, 0) is 4.74 Å². The molecular weight excluding hydrogens is 248 g/mol. The first-order valence-electron chi connectivity index (χ1n) is 6.30. The van der Waals surface area contributed by atoms with Crippen molar-refractivity contribution in [2.75, 3.05) is 13.7 Å². The summed E-state index contributed by atoms with van der Waals surface area (Å²) in [5.41, 5.74) is 0.395. The van der Waals surface area contributed by atoms with E-state index in [9.17, 15) is 9.90 Å². The van der Waals surface area contributed by atoms with Crippen LogP contribution in [0.3, 0.4) is 0 Å². The molecule has 0 unspecified atom stereocenters. The summed E-state index contributed by atoms with van der Waals surface area (Å²) in [6.45, 7) is 1.78. The summed E-state index contributed by atoms with van der Waals surface area (Å²) in [5.74, 6) is 0.617. The Kier molecular flexibility index (Phi) is 4.27. The number of carbonyl (C=O) groups is 1. The Labute approximate surface area is 112 Å². The van der Waals surface area contributed by atoms with Crippen LogP contribution in [0.1, 0.15) is 30.1 Å². The molecule has 104 valence electrons. The Morgan fingerprint density at radius 1 is 1.42 bits per heavy atom. The van der Waals surface area contributed by atoms with Crippen molar-refractivity contribution < 1.29 is 24.1 Å². The molecule has 0 spiro atoms. The lowest BCUT2D eigenvalue weighted by Gasteiger charge is -2.14. The smallest absolute Gasteiger partial charge is 0.337 e. The third kappa shape index (κ3) is 3.86. The number of hydrogen-bond acceptors (Lipinski definition) is 5. The van der Waals surface area contributed by atoms with E-state index in [-0.39, 0.29) is 12.7 Å². The zero-order chi connectivity index (χ0) is 13.8. The second-order valence-electron chi connectivity index (χ2n) is 4.63. The lowest BCUT2D eigenvalue weighted by atomic mass is 10.2. The van der Waals surface area contributed by atoms with Crippen molar-refractivity contribution in [2.45, 2.75) is 32.0 Å². The van der Waals surface area contributed by atoms with E-state index in [1.165, 1.54) is 7.11 Å². The van der Waals surface area contributed by atoms with E-state index in [1.807, 2.05) is 0 Å². The maximum Gasteiger partial charge on any atom is 0.337 e. The van der Waals surface area contributed by atoms with Crippen LogP contribution in [0.5, 0.6) is 11.5 Å². The van der Waals surface area contributed by atoms with Crippen molar-refractivity contribution in [1.29, 1.82) is 0 Å². The van der Waals surface area contributed by atoms with Crippen molar-refractivity contribution in [1.82, 2.24) is 0 Å². The average molecular weight is 266 g/mol. The van der Waals surface area contributed by atoms with Gasteiger partial charge in [0, 0.05) is 0 Å². The van der Waals surface area contributed by atoms with Gasteiger partial charge in [-0.05, 0) is 38.0 Å². The third-order valence-corrected chi connectivity index (χ3v) is 2.66. The van der Waals surface area contributed by atoms with Gasteiger partial charge in [-0.15, -0.1) is 0 Å². The Bertz CT molecular complexity index is 451. The van der Waals surface area contributed by atoms with Crippen LogP contribution in [-0.4, -0.2) is 37.0 Å². The summed E-state index contributed by atoms with van der Waals surface area (Å²) in [4.78, 5) is 11.5. The highest BCUT2D eigenvalue weighted by Gasteiger charge is 2.25. The second kappa shape index (κ2) is 5.93. The molecule has 0 aromatic heterocycles. The molecule has 1 aliphatic rings. The Morgan fingerprint density at radius 2 is 2.16 bits per heavy atom. The highest BCUT2D eigenvalue weighted by atomic mass is 16.5. The van der Waals surface area contributed by atoms with Crippen LogP contribution in [0, 0.1) is 0 Å². The van der Waals surface area contributed by atoms with Gasteiger partial charge in [-0.25, -0.2) is 4.79 Å². The molecule has 1 N–H and O–H groups in total. The summed E-state index contributed by atoms with van der Waals surface area (Å²) in [6.07, 6.45) is 1.72. The number of esters is 1. The van der Waals surface area contributed by atoms with E-state index in [0.717, 1.165) is 12.8 Å². The zero-order valence-corrected chi connectivity index (χ0v) is 11.1. The molecule has 1 aliphatic carbocycles. The molecule has 0 radical (unpaired) electrons. The molecule has 0 aliphatic heterocycles. The predicted octanol–water partition coefficient (Wildman–Crippen LogP) is 1.77. The standard InChI is InChI=1S/C14H18O5/c1-9(15)8-18-13-7-10(14(16)17-2)3-6-12(13)19-11-4-5-11/h3,6-7,9,11,15H,4-5,8H2,1-2H3/t9-/m1/s1. The Hall–Kier alpha value is -1.75. The van der Waals surface area contributed by atoms with Crippen LogP contribution in [0.4, 0.5) is 0 Å². The molecule has 0 bridgehead atoms. The van der Waals surface area contributed by atoms with Gasteiger partial charge in [0.05, 0.1) is 24.9 Å². The second-order valence-corrected chi connectivity index (χ2v) is 4.63. The van der Waals surface area contributed by atoms with Gasteiger partial charge in [-0.1, -0.05) is 0 Å². The van der Waals surface area contributed by atoms with Crippen LogP contribution in [0.25, 0.3) is 0 Å². The fraction of sp³-hybridized carbons (Fsp3) is 0.500. The van der Waals surface area contributed by atoms with Crippen molar-refractivity contribution in [3.8, 4) is 11.5 Å². The van der Waals surface area contributed by atoms with E-state index in [4.69, 9.17) is 9.47 Å². The number of benzene rings is 1. The van der Waals surface area contributed by atoms with Crippen LogP contribution < -0.4 is 9.47 Å². The molecule has 1 aromatic rings. The number of aliphatic hydroxyl groups excluding tert-OH is 1. The molecule has 0 saturated heterocycles.